The summed E-state index contributed by atoms with van der Waals surface area (Å²) in [5.74, 6) is 2.25. The number of fused-ring (bicyclic) bond motifs is 1. The molecule has 134 valence electrons. The maximum Gasteiger partial charge on any atom is 0.133 e. The Morgan fingerprint density at radius 2 is 1.96 bits per heavy atom. The topological polar surface area (TPSA) is 55.2 Å². The van der Waals surface area contributed by atoms with Gasteiger partial charge in [0.15, 0.2) is 0 Å². The van der Waals surface area contributed by atoms with E-state index in [4.69, 9.17) is 4.74 Å². The lowest BCUT2D eigenvalue weighted by Crippen LogP contribution is -2.37. The Kier molecular flexibility index (Phi) is 4.99. The standard InChI is InChI=1S/C19H27N5O/c1-2-18-21-22-19-8-5-16(14-24(18)19)20-13-15-3-6-17(7-4-15)23-9-11-25-12-10-23/h3-4,6-7,16,20H,2,5,8-14H2,1H3/t16-/m0/s1. The Balaban J connectivity index is 1.32. The van der Waals surface area contributed by atoms with Gasteiger partial charge in [0.05, 0.1) is 13.2 Å². The second kappa shape index (κ2) is 7.54. The van der Waals surface area contributed by atoms with Crippen molar-refractivity contribution >= 4 is 5.69 Å². The summed E-state index contributed by atoms with van der Waals surface area (Å²) in [6.45, 7) is 7.67. The summed E-state index contributed by atoms with van der Waals surface area (Å²) in [6.07, 6.45) is 3.09. The van der Waals surface area contributed by atoms with Crippen molar-refractivity contribution in [2.75, 3.05) is 31.2 Å². The minimum atomic E-state index is 0.493. The van der Waals surface area contributed by atoms with Crippen LogP contribution < -0.4 is 10.2 Å². The van der Waals surface area contributed by atoms with Gasteiger partial charge in [-0.05, 0) is 24.1 Å². The number of aromatic nitrogens is 3. The van der Waals surface area contributed by atoms with E-state index >= 15 is 0 Å². The first-order valence-electron chi connectivity index (χ1n) is 9.39. The fourth-order valence-corrected chi connectivity index (χ4v) is 3.72. The maximum atomic E-state index is 5.42. The van der Waals surface area contributed by atoms with Crippen LogP contribution in [0.5, 0.6) is 0 Å². The predicted molar refractivity (Wildman–Crippen MR) is 97.8 cm³/mol. The number of nitrogens with one attached hydrogen (secondary N) is 1. The molecule has 25 heavy (non-hydrogen) atoms. The number of rotatable bonds is 5. The summed E-state index contributed by atoms with van der Waals surface area (Å²) in [5, 5.41) is 12.3. The molecule has 3 heterocycles. The van der Waals surface area contributed by atoms with Gasteiger partial charge in [-0.3, -0.25) is 0 Å². The smallest absolute Gasteiger partial charge is 0.133 e. The molecule has 1 fully saturated rings. The average molecular weight is 341 g/mol. The van der Waals surface area contributed by atoms with Crippen molar-refractivity contribution in [1.29, 1.82) is 0 Å². The number of aryl methyl sites for hydroxylation is 2. The van der Waals surface area contributed by atoms with Crippen LogP contribution in [0, 0.1) is 0 Å². The fourth-order valence-electron chi connectivity index (χ4n) is 3.72. The minimum Gasteiger partial charge on any atom is -0.378 e. The van der Waals surface area contributed by atoms with E-state index in [1.54, 1.807) is 0 Å². The molecule has 0 radical (unpaired) electrons. The SMILES string of the molecule is CCc1nnc2n1C[C@@H](NCc1ccc(N3CCOCC3)cc1)CC2. The molecule has 2 aliphatic rings. The Morgan fingerprint density at radius 1 is 1.16 bits per heavy atom. The largest absolute Gasteiger partial charge is 0.378 e. The summed E-state index contributed by atoms with van der Waals surface area (Å²) >= 11 is 0. The van der Waals surface area contributed by atoms with Crippen LogP contribution in [0.3, 0.4) is 0 Å². The first kappa shape index (κ1) is 16.5. The first-order valence-corrected chi connectivity index (χ1v) is 9.39. The summed E-state index contributed by atoms with van der Waals surface area (Å²) < 4.78 is 7.72. The van der Waals surface area contributed by atoms with E-state index in [1.165, 1.54) is 11.3 Å². The van der Waals surface area contributed by atoms with Crippen molar-refractivity contribution in [3.8, 4) is 0 Å². The molecule has 0 amide bonds. The molecule has 2 aromatic rings. The molecule has 0 saturated carbocycles. The zero-order chi connectivity index (χ0) is 17.1. The van der Waals surface area contributed by atoms with Gasteiger partial charge in [0.2, 0.25) is 0 Å². The molecule has 0 unspecified atom stereocenters. The third kappa shape index (κ3) is 3.70. The molecule has 0 bridgehead atoms. The van der Waals surface area contributed by atoms with Gasteiger partial charge in [0.25, 0.3) is 0 Å². The Hall–Kier alpha value is -1.92. The lowest BCUT2D eigenvalue weighted by atomic mass is 10.1. The molecule has 4 rings (SSSR count). The zero-order valence-electron chi connectivity index (χ0n) is 14.9. The minimum absolute atomic E-state index is 0.493. The van der Waals surface area contributed by atoms with Crippen molar-refractivity contribution in [2.45, 2.75) is 45.3 Å². The molecular formula is C19H27N5O. The number of benzene rings is 1. The van der Waals surface area contributed by atoms with Gasteiger partial charge < -0.3 is 19.5 Å². The highest BCUT2D eigenvalue weighted by Gasteiger charge is 2.21. The van der Waals surface area contributed by atoms with Crippen LogP contribution in [0.25, 0.3) is 0 Å². The molecule has 1 atom stereocenters. The summed E-state index contributed by atoms with van der Waals surface area (Å²) in [5.41, 5.74) is 2.63. The summed E-state index contributed by atoms with van der Waals surface area (Å²) in [7, 11) is 0. The van der Waals surface area contributed by atoms with Crippen LogP contribution in [0.15, 0.2) is 24.3 Å². The number of ether oxygens (including phenoxy) is 1. The van der Waals surface area contributed by atoms with Crippen LogP contribution in [-0.2, 0) is 30.7 Å². The van der Waals surface area contributed by atoms with E-state index in [2.05, 4.69) is 56.2 Å². The number of anilines is 1. The summed E-state index contributed by atoms with van der Waals surface area (Å²) in [6, 6.07) is 9.43. The molecule has 6 nitrogen and oxygen atoms in total. The predicted octanol–water partition coefficient (Wildman–Crippen LogP) is 1.78. The highest BCUT2D eigenvalue weighted by molar-refractivity contribution is 5.47. The van der Waals surface area contributed by atoms with E-state index in [0.29, 0.717) is 6.04 Å². The third-order valence-electron chi connectivity index (χ3n) is 5.25. The van der Waals surface area contributed by atoms with Crippen molar-refractivity contribution in [3.05, 3.63) is 41.5 Å². The van der Waals surface area contributed by atoms with Crippen LogP contribution in [-0.4, -0.2) is 47.1 Å². The number of hydrogen-bond donors (Lipinski definition) is 1. The van der Waals surface area contributed by atoms with Crippen molar-refractivity contribution in [3.63, 3.8) is 0 Å². The second-order valence-corrected chi connectivity index (χ2v) is 6.88. The molecule has 1 N–H and O–H groups in total. The molecule has 0 spiro atoms. The number of nitrogens with zero attached hydrogens (tertiary/aromatic N) is 4. The van der Waals surface area contributed by atoms with E-state index in [-0.39, 0.29) is 0 Å². The second-order valence-electron chi connectivity index (χ2n) is 6.88. The van der Waals surface area contributed by atoms with Gasteiger partial charge in [0, 0.05) is 50.7 Å². The first-order chi connectivity index (χ1) is 12.3. The van der Waals surface area contributed by atoms with Crippen molar-refractivity contribution in [1.82, 2.24) is 20.1 Å². The monoisotopic (exact) mass is 341 g/mol. The molecule has 1 saturated heterocycles. The van der Waals surface area contributed by atoms with Gasteiger partial charge in [-0.2, -0.15) is 0 Å². The molecule has 0 aliphatic carbocycles. The Labute approximate surface area is 149 Å². The van der Waals surface area contributed by atoms with E-state index in [0.717, 1.165) is 70.3 Å². The van der Waals surface area contributed by atoms with Gasteiger partial charge >= 0.3 is 0 Å². The highest BCUT2D eigenvalue weighted by Crippen LogP contribution is 2.18. The fraction of sp³-hybridized carbons (Fsp3) is 0.579. The van der Waals surface area contributed by atoms with Crippen LogP contribution in [0.2, 0.25) is 0 Å². The Bertz CT molecular complexity index is 677. The van der Waals surface area contributed by atoms with Crippen LogP contribution >= 0.6 is 0 Å². The van der Waals surface area contributed by atoms with Crippen molar-refractivity contribution < 1.29 is 4.74 Å². The quantitative estimate of drug-likeness (QED) is 0.898. The number of hydrogen-bond acceptors (Lipinski definition) is 5. The van der Waals surface area contributed by atoms with E-state index < -0.39 is 0 Å². The lowest BCUT2D eigenvalue weighted by molar-refractivity contribution is 0.122. The van der Waals surface area contributed by atoms with E-state index in [9.17, 15) is 0 Å². The normalized spacial score (nSPS) is 20.5. The van der Waals surface area contributed by atoms with Crippen LogP contribution in [0.4, 0.5) is 5.69 Å². The Morgan fingerprint density at radius 3 is 2.72 bits per heavy atom. The zero-order valence-corrected chi connectivity index (χ0v) is 14.9. The van der Waals surface area contributed by atoms with E-state index in [1.807, 2.05) is 0 Å². The maximum absolute atomic E-state index is 5.42. The average Bonchev–Trinajstić information content (AvgIpc) is 3.10. The van der Waals surface area contributed by atoms with Gasteiger partial charge in [-0.15, -0.1) is 10.2 Å². The molecule has 2 aliphatic heterocycles. The van der Waals surface area contributed by atoms with Gasteiger partial charge in [0.1, 0.15) is 11.6 Å². The summed E-state index contributed by atoms with van der Waals surface area (Å²) in [4.78, 5) is 2.39. The van der Waals surface area contributed by atoms with Gasteiger partial charge in [-0.1, -0.05) is 19.1 Å². The third-order valence-corrected chi connectivity index (χ3v) is 5.25. The molecule has 1 aromatic heterocycles. The molecule has 1 aromatic carbocycles. The van der Waals surface area contributed by atoms with Crippen LogP contribution in [0.1, 0.15) is 30.6 Å². The molecular weight excluding hydrogens is 314 g/mol. The highest BCUT2D eigenvalue weighted by atomic mass is 16.5. The van der Waals surface area contributed by atoms with Gasteiger partial charge in [-0.25, -0.2) is 0 Å². The lowest BCUT2D eigenvalue weighted by Gasteiger charge is -2.29. The molecule has 6 heteroatoms. The number of morpholine rings is 1. The van der Waals surface area contributed by atoms with Crippen molar-refractivity contribution in [2.24, 2.45) is 0 Å².